The first-order valence-corrected chi connectivity index (χ1v) is 9.94. The maximum Gasteiger partial charge on any atom is 0.264 e. The van der Waals surface area contributed by atoms with Crippen LogP contribution in [-0.4, -0.2) is 40.6 Å². The standard InChI is InChI=1S/C19H23FN2O3S/c1-22(2)13-8-9-14-15(12-13)18(25-3)11-10-17(14)21-26(23,24)19-7-5-4-6-16(19)20/h4-7,10-11,13,21H,8-9,12H2,1-3H3/t13-/m0/s1. The van der Waals surface area contributed by atoms with Gasteiger partial charge in [0.1, 0.15) is 16.5 Å². The van der Waals surface area contributed by atoms with Gasteiger partial charge in [-0.1, -0.05) is 12.1 Å². The molecular formula is C19H23FN2O3S. The largest absolute Gasteiger partial charge is 0.496 e. The van der Waals surface area contributed by atoms with Gasteiger partial charge < -0.3 is 9.64 Å². The SMILES string of the molecule is COc1ccc(NS(=O)(=O)c2ccccc2F)c2c1C[C@@H](N(C)C)CC2. The molecule has 5 nitrogen and oxygen atoms in total. The molecule has 0 amide bonds. The third kappa shape index (κ3) is 3.54. The van der Waals surface area contributed by atoms with Crippen LogP contribution < -0.4 is 9.46 Å². The molecule has 3 rings (SSSR count). The van der Waals surface area contributed by atoms with Crippen molar-refractivity contribution >= 4 is 15.7 Å². The summed E-state index contributed by atoms with van der Waals surface area (Å²) in [6.45, 7) is 0. The number of nitrogens with one attached hydrogen (secondary N) is 1. The number of hydrogen-bond acceptors (Lipinski definition) is 4. The fourth-order valence-corrected chi connectivity index (χ4v) is 4.59. The second-order valence-electron chi connectivity index (χ2n) is 6.67. The van der Waals surface area contributed by atoms with Crippen LogP contribution in [0.3, 0.4) is 0 Å². The van der Waals surface area contributed by atoms with Crippen molar-refractivity contribution in [3.63, 3.8) is 0 Å². The van der Waals surface area contributed by atoms with Crippen LogP contribution in [0.5, 0.6) is 5.75 Å². The van der Waals surface area contributed by atoms with Crippen molar-refractivity contribution in [2.75, 3.05) is 25.9 Å². The fourth-order valence-electron chi connectivity index (χ4n) is 3.42. The molecule has 0 heterocycles. The van der Waals surface area contributed by atoms with E-state index >= 15 is 0 Å². The summed E-state index contributed by atoms with van der Waals surface area (Å²) in [5.74, 6) is -0.0181. The van der Waals surface area contributed by atoms with Gasteiger partial charge in [0.05, 0.1) is 12.8 Å². The number of benzene rings is 2. The molecule has 1 N–H and O–H groups in total. The van der Waals surface area contributed by atoms with Crippen LogP contribution in [-0.2, 0) is 22.9 Å². The van der Waals surface area contributed by atoms with Crippen molar-refractivity contribution in [2.45, 2.75) is 30.2 Å². The minimum atomic E-state index is -4.00. The molecule has 2 aromatic carbocycles. The Kier molecular flexibility index (Phi) is 5.20. The first kappa shape index (κ1) is 18.7. The van der Waals surface area contributed by atoms with E-state index in [0.29, 0.717) is 11.7 Å². The third-order valence-electron chi connectivity index (χ3n) is 4.88. The van der Waals surface area contributed by atoms with Crippen LogP contribution in [0.4, 0.5) is 10.1 Å². The molecule has 7 heteroatoms. The quantitative estimate of drug-likeness (QED) is 0.869. The van der Waals surface area contributed by atoms with E-state index in [4.69, 9.17) is 4.74 Å². The summed E-state index contributed by atoms with van der Waals surface area (Å²) in [7, 11) is 1.68. The number of anilines is 1. The molecule has 26 heavy (non-hydrogen) atoms. The van der Waals surface area contributed by atoms with E-state index in [1.54, 1.807) is 19.2 Å². The van der Waals surface area contributed by atoms with Gasteiger partial charge in [-0.3, -0.25) is 4.72 Å². The molecule has 1 aliphatic carbocycles. The maximum absolute atomic E-state index is 13.9. The van der Waals surface area contributed by atoms with E-state index in [2.05, 4.69) is 9.62 Å². The normalized spacial score (nSPS) is 17.0. The molecule has 0 aliphatic heterocycles. The Balaban J connectivity index is 2.00. The highest BCUT2D eigenvalue weighted by atomic mass is 32.2. The summed E-state index contributed by atoms with van der Waals surface area (Å²) < 4.78 is 47.3. The molecule has 1 atom stereocenters. The zero-order valence-corrected chi connectivity index (χ0v) is 15.9. The Labute approximate surface area is 153 Å². The molecule has 1 aliphatic rings. The highest BCUT2D eigenvalue weighted by Gasteiger charge is 2.27. The van der Waals surface area contributed by atoms with Crippen LogP contribution >= 0.6 is 0 Å². The predicted octanol–water partition coefficient (Wildman–Crippen LogP) is 3.05. The highest BCUT2D eigenvalue weighted by molar-refractivity contribution is 7.92. The van der Waals surface area contributed by atoms with Gasteiger partial charge in [-0.15, -0.1) is 0 Å². The van der Waals surface area contributed by atoms with Gasteiger partial charge in [-0.25, -0.2) is 12.8 Å². The zero-order valence-electron chi connectivity index (χ0n) is 15.1. The Bertz CT molecular complexity index is 913. The molecule has 0 bridgehead atoms. The molecule has 0 aromatic heterocycles. The monoisotopic (exact) mass is 378 g/mol. The lowest BCUT2D eigenvalue weighted by Gasteiger charge is -2.32. The summed E-state index contributed by atoms with van der Waals surface area (Å²) in [6.07, 6.45) is 2.42. The van der Waals surface area contributed by atoms with Crippen molar-refractivity contribution in [1.82, 2.24) is 4.90 Å². The molecule has 0 radical (unpaired) electrons. The molecule has 0 saturated heterocycles. The summed E-state index contributed by atoms with van der Waals surface area (Å²) in [5.41, 5.74) is 2.41. The lowest BCUT2D eigenvalue weighted by Crippen LogP contribution is -2.34. The number of rotatable bonds is 5. The maximum atomic E-state index is 13.9. The van der Waals surface area contributed by atoms with Crippen LogP contribution in [0.15, 0.2) is 41.3 Å². The fraction of sp³-hybridized carbons (Fsp3) is 0.368. The number of ether oxygens (including phenoxy) is 1. The van der Waals surface area contributed by atoms with E-state index in [9.17, 15) is 12.8 Å². The van der Waals surface area contributed by atoms with Crippen LogP contribution in [0, 0.1) is 5.82 Å². The average Bonchev–Trinajstić information content (AvgIpc) is 2.61. The number of nitrogens with zero attached hydrogens (tertiary/aromatic N) is 1. The average molecular weight is 378 g/mol. The first-order chi connectivity index (χ1) is 12.3. The second-order valence-corrected chi connectivity index (χ2v) is 8.32. The predicted molar refractivity (Wildman–Crippen MR) is 99.7 cm³/mol. The van der Waals surface area contributed by atoms with Crippen molar-refractivity contribution in [2.24, 2.45) is 0 Å². The van der Waals surface area contributed by atoms with E-state index in [-0.39, 0.29) is 4.90 Å². The number of fused-ring (bicyclic) bond motifs is 1. The minimum Gasteiger partial charge on any atom is -0.496 e. The van der Waals surface area contributed by atoms with E-state index in [1.807, 2.05) is 14.1 Å². The smallest absolute Gasteiger partial charge is 0.264 e. The summed E-state index contributed by atoms with van der Waals surface area (Å²) >= 11 is 0. The Hall–Kier alpha value is -2.12. The number of likely N-dealkylation sites (N-methyl/N-ethyl adjacent to an activating group) is 1. The van der Waals surface area contributed by atoms with Gasteiger partial charge in [0.2, 0.25) is 0 Å². The number of hydrogen-bond donors (Lipinski definition) is 1. The summed E-state index contributed by atoms with van der Waals surface area (Å²) in [5, 5.41) is 0. The number of methoxy groups -OCH3 is 1. The molecular weight excluding hydrogens is 355 g/mol. The number of sulfonamides is 1. The Morgan fingerprint density at radius 1 is 1.15 bits per heavy atom. The molecule has 140 valence electrons. The van der Waals surface area contributed by atoms with Crippen molar-refractivity contribution in [3.05, 3.63) is 53.3 Å². The lowest BCUT2D eigenvalue weighted by molar-refractivity contribution is 0.265. The van der Waals surface area contributed by atoms with Gasteiger partial charge in [0.15, 0.2) is 0 Å². The molecule has 2 aromatic rings. The van der Waals surface area contributed by atoms with Crippen molar-refractivity contribution in [1.29, 1.82) is 0 Å². The molecule has 0 saturated carbocycles. The van der Waals surface area contributed by atoms with Gasteiger partial charge in [0, 0.05) is 11.6 Å². The van der Waals surface area contributed by atoms with E-state index in [1.165, 1.54) is 18.2 Å². The Morgan fingerprint density at radius 3 is 2.54 bits per heavy atom. The summed E-state index contributed by atoms with van der Waals surface area (Å²) in [6, 6.07) is 9.18. The van der Waals surface area contributed by atoms with E-state index in [0.717, 1.165) is 42.2 Å². The van der Waals surface area contributed by atoms with Crippen molar-refractivity contribution < 1.29 is 17.5 Å². The van der Waals surface area contributed by atoms with Gasteiger partial charge >= 0.3 is 0 Å². The Morgan fingerprint density at radius 2 is 1.88 bits per heavy atom. The van der Waals surface area contributed by atoms with Crippen LogP contribution in [0.1, 0.15) is 17.5 Å². The van der Waals surface area contributed by atoms with Gasteiger partial charge in [-0.05, 0) is 63.2 Å². The third-order valence-corrected chi connectivity index (χ3v) is 6.27. The first-order valence-electron chi connectivity index (χ1n) is 8.46. The van der Waals surface area contributed by atoms with Gasteiger partial charge in [-0.2, -0.15) is 0 Å². The minimum absolute atomic E-state index is 0.355. The lowest BCUT2D eigenvalue weighted by atomic mass is 9.86. The summed E-state index contributed by atoms with van der Waals surface area (Å²) in [4.78, 5) is 1.81. The van der Waals surface area contributed by atoms with Crippen LogP contribution in [0.2, 0.25) is 0 Å². The van der Waals surface area contributed by atoms with E-state index < -0.39 is 15.8 Å². The molecule has 0 fully saturated rings. The van der Waals surface area contributed by atoms with Gasteiger partial charge in [0.25, 0.3) is 10.0 Å². The molecule has 0 unspecified atom stereocenters. The second kappa shape index (κ2) is 7.25. The highest BCUT2D eigenvalue weighted by Crippen LogP contribution is 2.36. The topological polar surface area (TPSA) is 58.6 Å². The van der Waals surface area contributed by atoms with Crippen molar-refractivity contribution in [3.8, 4) is 5.75 Å². The zero-order chi connectivity index (χ0) is 18.9. The number of halogens is 1. The van der Waals surface area contributed by atoms with Crippen LogP contribution in [0.25, 0.3) is 0 Å². The molecule has 0 spiro atoms.